The molecule has 2 heterocycles. The molecule has 2 N–H and O–H groups in total. The number of guanidine groups is 1. The molecule has 0 atom stereocenters. The van der Waals surface area contributed by atoms with Crippen molar-refractivity contribution in [3.63, 3.8) is 0 Å². The van der Waals surface area contributed by atoms with Crippen molar-refractivity contribution in [2.45, 2.75) is 13.0 Å². The topological polar surface area (TPSA) is 54.2 Å². The molecule has 0 spiro atoms. The molecule has 0 amide bonds. The standard InChI is InChI=1S/C18H21N5S/c1-19-18(21-11-16-8-10-24-14-16)20-9-7-15-12-22-23(13-15)17-5-3-2-4-6-17/h2-6,8,10,12-14H,7,9,11H2,1H3,(H2,19,20,21). The number of aliphatic imine (C=N–C) groups is 1. The number of aromatic nitrogens is 2. The monoisotopic (exact) mass is 339 g/mol. The Kier molecular flexibility index (Phi) is 5.63. The number of hydrogen-bond acceptors (Lipinski definition) is 3. The maximum atomic E-state index is 4.42. The van der Waals surface area contributed by atoms with E-state index in [1.165, 1.54) is 11.1 Å². The summed E-state index contributed by atoms with van der Waals surface area (Å²) in [5, 5.41) is 15.3. The number of rotatable bonds is 6. The molecule has 124 valence electrons. The molecule has 3 aromatic rings. The van der Waals surface area contributed by atoms with E-state index in [1.54, 1.807) is 18.4 Å². The van der Waals surface area contributed by atoms with E-state index in [1.807, 2.05) is 41.2 Å². The molecule has 0 saturated carbocycles. The highest BCUT2D eigenvalue weighted by Gasteiger charge is 2.02. The highest BCUT2D eigenvalue weighted by atomic mass is 32.1. The molecule has 6 heteroatoms. The average Bonchev–Trinajstić information content (AvgIpc) is 3.30. The minimum Gasteiger partial charge on any atom is -0.356 e. The quantitative estimate of drug-likeness (QED) is 0.536. The fourth-order valence-corrected chi connectivity index (χ4v) is 3.00. The SMILES string of the molecule is CN=C(NCCc1cnn(-c2ccccc2)c1)NCc1ccsc1. The van der Waals surface area contributed by atoms with Crippen LogP contribution in [0.15, 0.2) is 64.5 Å². The molecular weight excluding hydrogens is 318 g/mol. The van der Waals surface area contributed by atoms with Crippen LogP contribution in [-0.2, 0) is 13.0 Å². The van der Waals surface area contributed by atoms with Gasteiger partial charge in [-0.15, -0.1) is 0 Å². The Labute approximate surface area is 146 Å². The number of benzene rings is 1. The summed E-state index contributed by atoms with van der Waals surface area (Å²) in [5.74, 6) is 0.816. The van der Waals surface area contributed by atoms with Crippen molar-refractivity contribution >= 4 is 17.3 Å². The maximum absolute atomic E-state index is 4.42. The Morgan fingerprint density at radius 2 is 2.04 bits per heavy atom. The van der Waals surface area contributed by atoms with Gasteiger partial charge in [0, 0.05) is 26.3 Å². The Morgan fingerprint density at radius 3 is 2.79 bits per heavy atom. The highest BCUT2D eigenvalue weighted by Crippen LogP contribution is 2.08. The lowest BCUT2D eigenvalue weighted by Gasteiger charge is -2.10. The molecule has 0 bridgehead atoms. The molecule has 0 aliphatic rings. The summed E-state index contributed by atoms with van der Waals surface area (Å²) in [6.45, 7) is 1.60. The second-order valence-electron chi connectivity index (χ2n) is 5.36. The molecule has 1 aromatic carbocycles. The predicted molar refractivity (Wildman–Crippen MR) is 99.8 cm³/mol. The number of para-hydroxylation sites is 1. The second-order valence-corrected chi connectivity index (χ2v) is 6.14. The van der Waals surface area contributed by atoms with Gasteiger partial charge in [0.05, 0.1) is 11.9 Å². The summed E-state index contributed by atoms with van der Waals surface area (Å²) in [6.07, 6.45) is 4.88. The fraction of sp³-hybridized carbons (Fsp3) is 0.222. The minimum atomic E-state index is 0.787. The van der Waals surface area contributed by atoms with Crippen LogP contribution >= 0.6 is 11.3 Å². The smallest absolute Gasteiger partial charge is 0.191 e. The Bertz CT molecular complexity index is 762. The van der Waals surface area contributed by atoms with Crippen LogP contribution in [0, 0.1) is 0 Å². The first-order chi connectivity index (χ1) is 11.8. The molecule has 0 radical (unpaired) electrons. The van der Waals surface area contributed by atoms with Crippen LogP contribution in [0.3, 0.4) is 0 Å². The largest absolute Gasteiger partial charge is 0.356 e. The molecule has 0 unspecified atom stereocenters. The van der Waals surface area contributed by atoms with Crippen molar-refractivity contribution in [3.8, 4) is 5.69 Å². The van der Waals surface area contributed by atoms with E-state index in [9.17, 15) is 0 Å². The third-order valence-corrected chi connectivity index (χ3v) is 4.36. The molecule has 24 heavy (non-hydrogen) atoms. The van der Waals surface area contributed by atoms with Crippen LogP contribution < -0.4 is 10.6 Å². The van der Waals surface area contributed by atoms with E-state index < -0.39 is 0 Å². The van der Waals surface area contributed by atoms with Crippen molar-refractivity contribution in [2.75, 3.05) is 13.6 Å². The number of thiophene rings is 1. The van der Waals surface area contributed by atoms with E-state index in [2.05, 4.69) is 43.7 Å². The molecule has 0 saturated heterocycles. The van der Waals surface area contributed by atoms with E-state index in [0.717, 1.165) is 31.2 Å². The van der Waals surface area contributed by atoms with E-state index in [0.29, 0.717) is 0 Å². The Hall–Kier alpha value is -2.60. The van der Waals surface area contributed by atoms with Gasteiger partial charge in [-0.2, -0.15) is 16.4 Å². The summed E-state index contributed by atoms with van der Waals surface area (Å²) in [5.41, 5.74) is 3.54. The summed E-state index contributed by atoms with van der Waals surface area (Å²) < 4.78 is 1.90. The van der Waals surface area contributed by atoms with Gasteiger partial charge in [-0.3, -0.25) is 4.99 Å². The lowest BCUT2D eigenvalue weighted by molar-refractivity contribution is 0.795. The maximum Gasteiger partial charge on any atom is 0.191 e. The van der Waals surface area contributed by atoms with Crippen LogP contribution in [0.4, 0.5) is 0 Å². The van der Waals surface area contributed by atoms with Crippen LogP contribution in [0.2, 0.25) is 0 Å². The summed E-state index contributed by atoms with van der Waals surface area (Å²) >= 11 is 1.70. The summed E-state index contributed by atoms with van der Waals surface area (Å²) in [6, 6.07) is 12.2. The van der Waals surface area contributed by atoms with Gasteiger partial charge >= 0.3 is 0 Å². The first-order valence-electron chi connectivity index (χ1n) is 7.90. The van der Waals surface area contributed by atoms with E-state index in [-0.39, 0.29) is 0 Å². The van der Waals surface area contributed by atoms with Crippen molar-refractivity contribution in [1.29, 1.82) is 0 Å². The van der Waals surface area contributed by atoms with Gasteiger partial charge in [-0.05, 0) is 46.5 Å². The zero-order valence-electron chi connectivity index (χ0n) is 13.6. The molecule has 0 aliphatic heterocycles. The van der Waals surface area contributed by atoms with Crippen molar-refractivity contribution in [2.24, 2.45) is 4.99 Å². The van der Waals surface area contributed by atoms with Crippen molar-refractivity contribution < 1.29 is 0 Å². The molecule has 5 nitrogen and oxygen atoms in total. The second kappa shape index (κ2) is 8.31. The molecule has 2 aromatic heterocycles. The van der Waals surface area contributed by atoms with Crippen LogP contribution in [0.5, 0.6) is 0 Å². The first-order valence-corrected chi connectivity index (χ1v) is 8.84. The van der Waals surface area contributed by atoms with Gasteiger partial charge in [-0.1, -0.05) is 18.2 Å². The normalized spacial score (nSPS) is 11.5. The molecule has 3 rings (SSSR count). The van der Waals surface area contributed by atoms with Crippen LogP contribution in [-0.4, -0.2) is 29.3 Å². The van der Waals surface area contributed by atoms with Gasteiger partial charge < -0.3 is 10.6 Å². The number of nitrogens with one attached hydrogen (secondary N) is 2. The van der Waals surface area contributed by atoms with Gasteiger partial charge in [0.2, 0.25) is 0 Å². The summed E-state index contributed by atoms with van der Waals surface area (Å²) in [4.78, 5) is 4.25. The third-order valence-electron chi connectivity index (χ3n) is 3.63. The fourth-order valence-electron chi connectivity index (χ4n) is 2.34. The van der Waals surface area contributed by atoms with Gasteiger partial charge in [0.15, 0.2) is 5.96 Å². The van der Waals surface area contributed by atoms with Gasteiger partial charge in [-0.25, -0.2) is 4.68 Å². The zero-order valence-corrected chi connectivity index (χ0v) is 14.5. The van der Waals surface area contributed by atoms with E-state index in [4.69, 9.17) is 0 Å². The lowest BCUT2D eigenvalue weighted by atomic mass is 10.2. The minimum absolute atomic E-state index is 0.787. The highest BCUT2D eigenvalue weighted by molar-refractivity contribution is 7.07. The summed E-state index contributed by atoms with van der Waals surface area (Å²) in [7, 11) is 1.79. The average molecular weight is 339 g/mol. The zero-order chi connectivity index (χ0) is 16.6. The number of nitrogens with zero attached hydrogens (tertiary/aromatic N) is 3. The molecule has 0 aliphatic carbocycles. The third kappa shape index (κ3) is 4.45. The van der Waals surface area contributed by atoms with Crippen LogP contribution in [0.1, 0.15) is 11.1 Å². The van der Waals surface area contributed by atoms with Crippen molar-refractivity contribution in [1.82, 2.24) is 20.4 Å². The molecule has 0 fully saturated rings. The number of hydrogen-bond donors (Lipinski definition) is 2. The lowest BCUT2D eigenvalue weighted by Crippen LogP contribution is -2.37. The molecular formula is C18H21N5S. The Morgan fingerprint density at radius 1 is 1.17 bits per heavy atom. The van der Waals surface area contributed by atoms with E-state index >= 15 is 0 Å². The predicted octanol–water partition coefficient (Wildman–Crippen LogP) is 2.84. The van der Waals surface area contributed by atoms with Crippen molar-refractivity contribution in [3.05, 3.63) is 70.7 Å². The van der Waals surface area contributed by atoms with Crippen LogP contribution in [0.25, 0.3) is 5.69 Å². The first kappa shape index (κ1) is 16.3. The van der Waals surface area contributed by atoms with Gasteiger partial charge in [0.25, 0.3) is 0 Å². The van der Waals surface area contributed by atoms with Gasteiger partial charge in [0.1, 0.15) is 0 Å². The Balaban J connectivity index is 1.46.